The van der Waals surface area contributed by atoms with Gasteiger partial charge in [-0.2, -0.15) is 0 Å². The van der Waals surface area contributed by atoms with Gasteiger partial charge in [0, 0.05) is 12.0 Å². The van der Waals surface area contributed by atoms with Crippen LogP contribution >= 0.6 is 11.8 Å². The maximum Gasteiger partial charge on any atom is 0.230 e. The highest BCUT2D eigenvalue weighted by Gasteiger charge is 2.30. The standard InChI is InChI=1S/C12H21N5OS/c1-7(2)8(3)14-10(18)6-19-12-16-15-11(17(12)13)9-4-5-9/h7-9H,4-6,13H2,1-3H3,(H,14,18)/t8-/m1/s1. The molecular formula is C12H21N5OS. The van der Waals surface area contributed by atoms with Crippen LogP contribution in [0.2, 0.25) is 0 Å². The Morgan fingerprint density at radius 2 is 2.16 bits per heavy atom. The second-order valence-corrected chi connectivity index (χ2v) is 6.32. The maximum absolute atomic E-state index is 11.8. The van der Waals surface area contributed by atoms with Crippen molar-refractivity contribution in [2.45, 2.75) is 50.7 Å². The Balaban J connectivity index is 1.83. The summed E-state index contributed by atoms with van der Waals surface area (Å²) < 4.78 is 1.52. The van der Waals surface area contributed by atoms with E-state index in [2.05, 4.69) is 29.4 Å². The molecule has 7 heteroatoms. The molecule has 1 saturated carbocycles. The zero-order valence-electron chi connectivity index (χ0n) is 11.6. The minimum absolute atomic E-state index is 0.00201. The van der Waals surface area contributed by atoms with Crippen LogP contribution in [-0.2, 0) is 4.79 Å². The molecule has 1 aliphatic carbocycles. The number of hydrogen-bond donors (Lipinski definition) is 2. The normalized spacial score (nSPS) is 16.6. The van der Waals surface area contributed by atoms with Gasteiger partial charge >= 0.3 is 0 Å². The number of nitrogens with two attached hydrogens (primary N) is 1. The fourth-order valence-electron chi connectivity index (χ4n) is 1.60. The number of nitrogens with one attached hydrogen (secondary N) is 1. The number of hydrogen-bond acceptors (Lipinski definition) is 5. The van der Waals surface area contributed by atoms with Crippen molar-refractivity contribution in [2.24, 2.45) is 5.92 Å². The molecule has 3 N–H and O–H groups in total. The van der Waals surface area contributed by atoms with Crippen LogP contribution in [0.25, 0.3) is 0 Å². The third kappa shape index (κ3) is 3.62. The summed E-state index contributed by atoms with van der Waals surface area (Å²) in [6.45, 7) is 6.16. The van der Waals surface area contributed by atoms with Gasteiger partial charge in [0.15, 0.2) is 5.82 Å². The predicted octanol–water partition coefficient (Wildman–Crippen LogP) is 1.12. The topological polar surface area (TPSA) is 85.8 Å². The second-order valence-electron chi connectivity index (χ2n) is 5.37. The van der Waals surface area contributed by atoms with Gasteiger partial charge in [-0.05, 0) is 25.7 Å². The van der Waals surface area contributed by atoms with Crippen LogP contribution in [0.4, 0.5) is 0 Å². The maximum atomic E-state index is 11.8. The summed E-state index contributed by atoms with van der Waals surface area (Å²) in [7, 11) is 0. The Labute approximate surface area is 117 Å². The van der Waals surface area contributed by atoms with Crippen molar-refractivity contribution in [2.75, 3.05) is 11.6 Å². The summed E-state index contributed by atoms with van der Waals surface area (Å²) in [4.78, 5) is 11.8. The van der Waals surface area contributed by atoms with Gasteiger partial charge in [0.05, 0.1) is 5.75 Å². The molecule has 2 rings (SSSR count). The molecule has 0 spiro atoms. The molecule has 1 aromatic rings. The van der Waals surface area contributed by atoms with E-state index >= 15 is 0 Å². The first-order valence-corrected chi connectivity index (χ1v) is 7.60. The molecule has 1 amide bonds. The van der Waals surface area contributed by atoms with Crippen molar-refractivity contribution in [1.82, 2.24) is 20.2 Å². The monoisotopic (exact) mass is 283 g/mol. The molecule has 106 valence electrons. The number of nitrogen functional groups attached to an aromatic ring is 1. The molecule has 19 heavy (non-hydrogen) atoms. The van der Waals surface area contributed by atoms with Crippen molar-refractivity contribution in [1.29, 1.82) is 0 Å². The summed E-state index contributed by atoms with van der Waals surface area (Å²) in [6, 6.07) is 0.172. The van der Waals surface area contributed by atoms with Crippen LogP contribution in [0.1, 0.15) is 45.4 Å². The summed E-state index contributed by atoms with van der Waals surface area (Å²) in [6.07, 6.45) is 2.26. The fraction of sp³-hybridized carbons (Fsp3) is 0.750. The smallest absolute Gasteiger partial charge is 0.230 e. The molecule has 1 aliphatic rings. The number of thioether (sulfide) groups is 1. The lowest BCUT2D eigenvalue weighted by molar-refractivity contribution is -0.119. The zero-order valence-corrected chi connectivity index (χ0v) is 12.4. The number of carbonyl (C=O) groups is 1. The van der Waals surface area contributed by atoms with Gasteiger partial charge in [-0.15, -0.1) is 10.2 Å². The first-order chi connectivity index (χ1) is 8.99. The number of amides is 1. The molecule has 0 aromatic carbocycles. The van der Waals surface area contributed by atoms with Gasteiger partial charge in [0.1, 0.15) is 0 Å². The van der Waals surface area contributed by atoms with E-state index in [1.54, 1.807) is 0 Å². The molecular weight excluding hydrogens is 262 g/mol. The number of nitrogens with zero attached hydrogens (tertiary/aromatic N) is 3. The summed E-state index contributed by atoms with van der Waals surface area (Å²) in [5.74, 6) is 7.95. The number of aromatic nitrogens is 3. The van der Waals surface area contributed by atoms with Crippen molar-refractivity contribution >= 4 is 17.7 Å². The number of rotatable bonds is 6. The highest BCUT2D eigenvalue weighted by atomic mass is 32.2. The Kier molecular flexibility index (Phi) is 4.34. The largest absolute Gasteiger partial charge is 0.353 e. The van der Waals surface area contributed by atoms with Crippen LogP contribution in [0, 0.1) is 5.92 Å². The Morgan fingerprint density at radius 3 is 2.74 bits per heavy atom. The first kappa shape index (κ1) is 14.2. The van der Waals surface area contributed by atoms with Crippen LogP contribution in [0.15, 0.2) is 5.16 Å². The van der Waals surface area contributed by atoms with Crippen LogP contribution in [0.5, 0.6) is 0 Å². The lowest BCUT2D eigenvalue weighted by Gasteiger charge is -2.16. The van der Waals surface area contributed by atoms with Crippen molar-refractivity contribution < 1.29 is 4.79 Å². The lowest BCUT2D eigenvalue weighted by atomic mass is 10.1. The molecule has 0 aliphatic heterocycles. The molecule has 1 atom stereocenters. The molecule has 1 fully saturated rings. The van der Waals surface area contributed by atoms with Crippen molar-refractivity contribution in [3.63, 3.8) is 0 Å². The summed E-state index contributed by atoms with van der Waals surface area (Å²) >= 11 is 1.33. The van der Waals surface area contributed by atoms with E-state index < -0.39 is 0 Å². The van der Waals surface area contributed by atoms with E-state index in [9.17, 15) is 4.79 Å². The fourth-order valence-corrected chi connectivity index (χ4v) is 2.27. The van der Waals surface area contributed by atoms with E-state index in [1.807, 2.05) is 6.92 Å². The molecule has 0 bridgehead atoms. The highest BCUT2D eigenvalue weighted by Crippen LogP contribution is 2.39. The predicted molar refractivity (Wildman–Crippen MR) is 75.3 cm³/mol. The lowest BCUT2D eigenvalue weighted by Crippen LogP contribution is -2.37. The van der Waals surface area contributed by atoms with E-state index in [0.717, 1.165) is 18.7 Å². The van der Waals surface area contributed by atoms with Gasteiger partial charge in [-0.1, -0.05) is 25.6 Å². The van der Waals surface area contributed by atoms with Crippen LogP contribution in [-0.4, -0.2) is 32.6 Å². The van der Waals surface area contributed by atoms with E-state index in [-0.39, 0.29) is 11.9 Å². The van der Waals surface area contributed by atoms with Gasteiger partial charge in [0.25, 0.3) is 0 Å². The zero-order chi connectivity index (χ0) is 14.0. The van der Waals surface area contributed by atoms with Crippen LogP contribution < -0.4 is 11.2 Å². The quantitative estimate of drug-likeness (QED) is 0.603. The van der Waals surface area contributed by atoms with E-state index in [0.29, 0.717) is 22.7 Å². The molecule has 0 unspecified atom stereocenters. The third-order valence-electron chi connectivity index (χ3n) is 3.35. The van der Waals surface area contributed by atoms with Crippen molar-refractivity contribution in [3.05, 3.63) is 5.82 Å². The van der Waals surface area contributed by atoms with Gasteiger partial charge in [0.2, 0.25) is 11.1 Å². The molecule has 0 saturated heterocycles. The minimum Gasteiger partial charge on any atom is -0.353 e. The molecule has 1 aromatic heterocycles. The second kappa shape index (κ2) is 5.81. The van der Waals surface area contributed by atoms with E-state index in [4.69, 9.17) is 5.84 Å². The number of carbonyl (C=O) groups excluding carboxylic acids is 1. The SMILES string of the molecule is CC(C)[C@@H](C)NC(=O)CSc1nnc(C2CC2)n1N. The average molecular weight is 283 g/mol. The molecule has 1 heterocycles. The average Bonchev–Trinajstić information content (AvgIpc) is 3.12. The summed E-state index contributed by atoms with van der Waals surface area (Å²) in [5.41, 5.74) is 0. The minimum atomic E-state index is 0.00201. The molecule has 0 radical (unpaired) electrons. The van der Waals surface area contributed by atoms with Crippen LogP contribution in [0.3, 0.4) is 0 Å². The Hall–Kier alpha value is -1.24. The van der Waals surface area contributed by atoms with Gasteiger partial charge in [-0.25, -0.2) is 4.68 Å². The Bertz CT molecular complexity index is 455. The van der Waals surface area contributed by atoms with Crippen molar-refractivity contribution in [3.8, 4) is 0 Å². The van der Waals surface area contributed by atoms with Gasteiger partial charge in [-0.3, -0.25) is 4.79 Å². The molecule has 6 nitrogen and oxygen atoms in total. The highest BCUT2D eigenvalue weighted by molar-refractivity contribution is 7.99. The Morgan fingerprint density at radius 1 is 1.47 bits per heavy atom. The third-order valence-corrected chi connectivity index (χ3v) is 4.30. The van der Waals surface area contributed by atoms with E-state index in [1.165, 1.54) is 16.4 Å². The first-order valence-electron chi connectivity index (χ1n) is 6.61. The summed E-state index contributed by atoms with van der Waals surface area (Å²) in [5, 5.41) is 11.7. The van der Waals surface area contributed by atoms with Gasteiger partial charge < -0.3 is 11.2 Å².